The van der Waals surface area contributed by atoms with E-state index < -0.39 is 22.7 Å². The van der Waals surface area contributed by atoms with Gasteiger partial charge in [-0.3, -0.25) is 0 Å². The van der Waals surface area contributed by atoms with Crippen LogP contribution in [0.3, 0.4) is 0 Å². The average Bonchev–Trinajstić information content (AvgIpc) is 2.99. The summed E-state index contributed by atoms with van der Waals surface area (Å²) in [5, 5.41) is 44.5. The predicted octanol–water partition coefficient (Wildman–Crippen LogP) is 2.33. The SMILES string of the molecule is C[C@]12CC[C@H]3[C@H](CC[C@]4(O)C[C@@H](O)CC[C@]34CO)[C@@]1(O)CC[C@@H]2c1ccc(=O)oc1. The summed E-state index contributed by atoms with van der Waals surface area (Å²) in [6.45, 7) is 2.07. The molecule has 1 aromatic rings. The molecule has 4 saturated carbocycles. The number of hydrogen-bond donors (Lipinski definition) is 4. The molecule has 4 N–H and O–H groups in total. The molecule has 6 nitrogen and oxygen atoms in total. The van der Waals surface area contributed by atoms with Crippen LogP contribution in [0.25, 0.3) is 0 Å². The maximum absolute atomic E-state index is 12.2. The van der Waals surface area contributed by atoms with Crippen molar-refractivity contribution in [2.45, 2.75) is 87.9 Å². The molecule has 1 aromatic heterocycles. The number of rotatable bonds is 2. The molecule has 166 valence electrons. The van der Waals surface area contributed by atoms with E-state index in [4.69, 9.17) is 4.42 Å². The van der Waals surface area contributed by atoms with E-state index in [9.17, 15) is 25.2 Å². The van der Waals surface area contributed by atoms with Gasteiger partial charge in [0.05, 0.1) is 30.2 Å². The lowest BCUT2D eigenvalue weighted by atomic mass is 9.41. The van der Waals surface area contributed by atoms with Crippen LogP contribution in [0.2, 0.25) is 0 Å². The van der Waals surface area contributed by atoms with Gasteiger partial charge in [-0.05, 0) is 80.8 Å². The molecule has 4 aliphatic rings. The third-order valence-corrected chi connectivity index (χ3v) is 10.1. The van der Waals surface area contributed by atoms with Crippen LogP contribution in [0, 0.1) is 22.7 Å². The van der Waals surface area contributed by atoms with Crippen molar-refractivity contribution in [3.05, 3.63) is 34.4 Å². The zero-order chi connectivity index (χ0) is 21.4. The molecular formula is C24H34O6. The van der Waals surface area contributed by atoms with Crippen LogP contribution in [-0.2, 0) is 0 Å². The highest BCUT2D eigenvalue weighted by Crippen LogP contribution is 2.71. The summed E-state index contributed by atoms with van der Waals surface area (Å²) < 4.78 is 5.14. The molecule has 0 unspecified atom stereocenters. The number of aliphatic hydroxyl groups is 4. The van der Waals surface area contributed by atoms with Crippen molar-refractivity contribution in [3.63, 3.8) is 0 Å². The van der Waals surface area contributed by atoms with Gasteiger partial charge in [-0.1, -0.05) is 6.92 Å². The van der Waals surface area contributed by atoms with E-state index in [0.717, 1.165) is 24.8 Å². The topological polar surface area (TPSA) is 111 Å². The van der Waals surface area contributed by atoms with E-state index in [1.807, 2.05) is 6.07 Å². The molecule has 6 heteroatoms. The van der Waals surface area contributed by atoms with Gasteiger partial charge in [0.25, 0.3) is 0 Å². The highest BCUT2D eigenvalue weighted by Gasteiger charge is 2.70. The molecule has 0 saturated heterocycles. The Bertz CT molecular complexity index is 862. The Morgan fingerprint density at radius 3 is 2.50 bits per heavy atom. The molecule has 1 heterocycles. The molecule has 0 spiro atoms. The van der Waals surface area contributed by atoms with Gasteiger partial charge >= 0.3 is 5.63 Å². The molecular weight excluding hydrogens is 384 g/mol. The zero-order valence-corrected chi connectivity index (χ0v) is 17.7. The lowest BCUT2D eigenvalue weighted by Crippen LogP contribution is -2.69. The predicted molar refractivity (Wildman–Crippen MR) is 110 cm³/mol. The first-order valence-corrected chi connectivity index (χ1v) is 11.5. The third-order valence-electron chi connectivity index (χ3n) is 10.1. The highest BCUT2D eigenvalue weighted by atomic mass is 16.4. The van der Waals surface area contributed by atoms with Crippen LogP contribution >= 0.6 is 0 Å². The monoisotopic (exact) mass is 418 g/mol. The van der Waals surface area contributed by atoms with Crippen molar-refractivity contribution in [2.24, 2.45) is 22.7 Å². The Kier molecular flexibility index (Phi) is 4.58. The van der Waals surface area contributed by atoms with Gasteiger partial charge in [-0.25, -0.2) is 4.79 Å². The van der Waals surface area contributed by atoms with Crippen LogP contribution in [0.4, 0.5) is 0 Å². The molecule has 0 radical (unpaired) electrons. The first-order chi connectivity index (χ1) is 14.2. The second kappa shape index (κ2) is 6.64. The molecule has 0 aromatic carbocycles. The summed E-state index contributed by atoms with van der Waals surface area (Å²) in [7, 11) is 0. The highest BCUT2D eigenvalue weighted by molar-refractivity contribution is 5.28. The number of fused-ring (bicyclic) bond motifs is 5. The standard InChI is InChI=1S/C24H34O6/c1-21-8-5-18-19(6-10-23(28)12-16(26)4-9-22(18,23)14-25)24(21,29)11-7-17(21)15-2-3-20(27)30-13-15/h2-3,13,16-19,25-26,28-29H,4-12,14H2,1H3/t16-,17+,18-,19-,21+,22-,23-,24-/m0/s1. The molecule has 0 bridgehead atoms. The summed E-state index contributed by atoms with van der Waals surface area (Å²) in [4.78, 5) is 11.4. The lowest BCUT2D eigenvalue weighted by molar-refractivity contribution is -0.268. The van der Waals surface area contributed by atoms with Gasteiger partial charge in [-0.2, -0.15) is 0 Å². The molecule has 4 aliphatic carbocycles. The summed E-state index contributed by atoms with van der Waals surface area (Å²) in [5.41, 5.74) is -2.33. The van der Waals surface area contributed by atoms with E-state index >= 15 is 0 Å². The van der Waals surface area contributed by atoms with Crippen LogP contribution in [-0.4, -0.2) is 44.3 Å². The molecule has 0 amide bonds. The Labute approximate surface area is 176 Å². The van der Waals surface area contributed by atoms with Gasteiger partial charge in [0.15, 0.2) is 0 Å². The van der Waals surface area contributed by atoms with Gasteiger partial charge in [0.1, 0.15) is 0 Å². The molecule has 8 atom stereocenters. The van der Waals surface area contributed by atoms with E-state index in [2.05, 4.69) is 6.92 Å². The van der Waals surface area contributed by atoms with Crippen molar-refractivity contribution in [1.29, 1.82) is 0 Å². The van der Waals surface area contributed by atoms with Gasteiger partial charge < -0.3 is 24.8 Å². The van der Waals surface area contributed by atoms with Crippen molar-refractivity contribution >= 4 is 0 Å². The lowest BCUT2D eigenvalue weighted by Gasteiger charge is -2.66. The summed E-state index contributed by atoms with van der Waals surface area (Å²) in [6, 6.07) is 3.29. The van der Waals surface area contributed by atoms with Gasteiger partial charge in [-0.15, -0.1) is 0 Å². The minimum absolute atomic E-state index is 0.0136. The Morgan fingerprint density at radius 2 is 1.80 bits per heavy atom. The average molecular weight is 419 g/mol. The van der Waals surface area contributed by atoms with Gasteiger partial charge in [0, 0.05) is 23.3 Å². The van der Waals surface area contributed by atoms with E-state index in [1.165, 1.54) is 6.07 Å². The Balaban J connectivity index is 1.52. The fraction of sp³-hybridized carbons (Fsp3) is 0.792. The maximum atomic E-state index is 12.2. The maximum Gasteiger partial charge on any atom is 0.335 e. The summed E-state index contributed by atoms with van der Waals surface area (Å²) in [5.74, 6) is 0.172. The fourth-order valence-corrected chi connectivity index (χ4v) is 8.43. The second-order valence-electron chi connectivity index (χ2n) is 10.9. The molecule has 5 rings (SSSR count). The minimum atomic E-state index is -1.06. The van der Waals surface area contributed by atoms with E-state index in [1.54, 1.807) is 6.26 Å². The summed E-state index contributed by atoms with van der Waals surface area (Å²) in [6.07, 6.45) is 6.90. The third kappa shape index (κ3) is 2.48. The van der Waals surface area contributed by atoms with Crippen LogP contribution in [0.5, 0.6) is 0 Å². The van der Waals surface area contributed by atoms with Crippen molar-refractivity contribution in [1.82, 2.24) is 0 Å². The first-order valence-electron chi connectivity index (χ1n) is 11.5. The minimum Gasteiger partial charge on any atom is -0.431 e. The smallest absolute Gasteiger partial charge is 0.335 e. The van der Waals surface area contributed by atoms with Crippen molar-refractivity contribution < 1.29 is 24.8 Å². The molecule has 0 aliphatic heterocycles. The molecule has 30 heavy (non-hydrogen) atoms. The van der Waals surface area contributed by atoms with E-state index in [-0.39, 0.29) is 35.4 Å². The zero-order valence-electron chi connectivity index (χ0n) is 17.7. The first kappa shape index (κ1) is 20.7. The quantitative estimate of drug-likeness (QED) is 0.587. The fourth-order valence-electron chi connectivity index (χ4n) is 8.43. The number of aliphatic hydroxyl groups excluding tert-OH is 2. The van der Waals surface area contributed by atoms with Gasteiger partial charge in [0.2, 0.25) is 0 Å². The van der Waals surface area contributed by atoms with E-state index in [0.29, 0.717) is 38.5 Å². The largest absolute Gasteiger partial charge is 0.431 e. The Hall–Kier alpha value is -1.21. The van der Waals surface area contributed by atoms with Crippen LogP contribution < -0.4 is 5.63 Å². The Morgan fingerprint density at radius 1 is 1.03 bits per heavy atom. The second-order valence-corrected chi connectivity index (χ2v) is 10.9. The van der Waals surface area contributed by atoms with Crippen LogP contribution in [0.15, 0.2) is 27.6 Å². The normalized spacial score (nSPS) is 50.4. The number of hydrogen-bond acceptors (Lipinski definition) is 6. The summed E-state index contributed by atoms with van der Waals surface area (Å²) >= 11 is 0. The van der Waals surface area contributed by atoms with Crippen molar-refractivity contribution in [3.8, 4) is 0 Å². The van der Waals surface area contributed by atoms with Crippen molar-refractivity contribution in [2.75, 3.05) is 6.61 Å². The molecule has 4 fully saturated rings. The van der Waals surface area contributed by atoms with Crippen LogP contribution in [0.1, 0.15) is 76.2 Å².